The summed E-state index contributed by atoms with van der Waals surface area (Å²) in [5, 5.41) is 3.52. The number of unbranched alkanes of at least 4 members (excludes halogenated alkanes) is 2. The summed E-state index contributed by atoms with van der Waals surface area (Å²) in [7, 11) is 1.40. The summed E-state index contributed by atoms with van der Waals surface area (Å²) in [6.07, 6.45) is 5.16. The van der Waals surface area contributed by atoms with Crippen molar-refractivity contribution in [2.24, 2.45) is 5.41 Å². The van der Waals surface area contributed by atoms with Crippen molar-refractivity contribution in [2.75, 3.05) is 13.7 Å². The van der Waals surface area contributed by atoms with E-state index in [0.717, 1.165) is 13.1 Å². The van der Waals surface area contributed by atoms with Gasteiger partial charge in [0.25, 0.3) is 0 Å². The van der Waals surface area contributed by atoms with Gasteiger partial charge < -0.3 is 10.1 Å². The molecule has 1 N–H and O–H groups in total. The van der Waals surface area contributed by atoms with E-state index in [1.165, 1.54) is 38.4 Å². The van der Waals surface area contributed by atoms with Gasteiger partial charge in [0.15, 0.2) is 0 Å². The van der Waals surface area contributed by atoms with E-state index in [1.54, 1.807) is 0 Å². The number of nitrogens with one attached hydrogen (secondary N) is 1. The number of benzene rings is 1. The lowest BCUT2D eigenvalue weighted by atomic mass is 9.87. The van der Waals surface area contributed by atoms with E-state index < -0.39 is 0 Å². The van der Waals surface area contributed by atoms with Crippen LogP contribution in [0.1, 0.15) is 62.4 Å². The smallest absolute Gasteiger partial charge is 0.337 e. The molecule has 21 heavy (non-hydrogen) atoms. The molecule has 0 aliphatic rings. The quantitative estimate of drug-likeness (QED) is 0.548. The van der Waals surface area contributed by atoms with E-state index in [0.29, 0.717) is 11.0 Å². The van der Waals surface area contributed by atoms with Crippen molar-refractivity contribution >= 4 is 5.97 Å². The van der Waals surface area contributed by atoms with E-state index in [4.69, 9.17) is 4.74 Å². The van der Waals surface area contributed by atoms with Crippen molar-refractivity contribution in [1.29, 1.82) is 0 Å². The summed E-state index contributed by atoms with van der Waals surface area (Å²) in [5.41, 5.74) is 2.12. The molecular formula is C18H29NO2. The van der Waals surface area contributed by atoms with Crippen LogP contribution in [0.2, 0.25) is 0 Å². The fourth-order valence-electron chi connectivity index (χ4n) is 2.36. The van der Waals surface area contributed by atoms with Gasteiger partial charge in [-0.1, -0.05) is 52.2 Å². The predicted octanol–water partition coefficient (Wildman–Crippen LogP) is 4.17. The molecule has 1 rings (SSSR count). The molecule has 0 unspecified atom stereocenters. The SMILES string of the molecule is CCCCCC(C)(C)CNCc1ccc(C(=O)OC)cc1. The molecule has 3 heteroatoms. The highest BCUT2D eigenvalue weighted by Gasteiger charge is 2.16. The maximum atomic E-state index is 11.4. The number of hydrogen-bond donors (Lipinski definition) is 1. The van der Waals surface area contributed by atoms with Crippen LogP contribution in [0.25, 0.3) is 0 Å². The number of carbonyl (C=O) groups is 1. The summed E-state index contributed by atoms with van der Waals surface area (Å²) in [6.45, 7) is 8.71. The van der Waals surface area contributed by atoms with Crippen molar-refractivity contribution in [3.05, 3.63) is 35.4 Å². The standard InChI is InChI=1S/C18H29NO2/c1-5-6-7-12-18(2,3)14-19-13-15-8-10-16(11-9-15)17(20)21-4/h8-11,19H,5-7,12-14H2,1-4H3. The molecule has 0 fully saturated rings. The van der Waals surface area contributed by atoms with Crippen molar-refractivity contribution < 1.29 is 9.53 Å². The van der Waals surface area contributed by atoms with Gasteiger partial charge in [0, 0.05) is 13.1 Å². The Kier molecular flexibility index (Phi) is 7.44. The number of esters is 1. The van der Waals surface area contributed by atoms with Crippen LogP contribution in [0.15, 0.2) is 24.3 Å². The largest absolute Gasteiger partial charge is 0.465 e. The Morgan fingerprint density at radius 2 is 1.86 bits per heavy atom. The van der Waals surface area contributed by atoms with Gasteiger partial charge in [-0.15, -0.1) is 0 Å². The van der Waals surface area contributed by atoms with Gasteiger partial charge in [0.1, 0.15) is 0 Å². The molecule has 0 aliphatic heterocycles. The highest BCUT2D eigenvalue weighted by molar-refractivity contribution is 5.89. The minimum atomic E-state index is -0.286. The average Bonchev–Trinajstić information content (AvgIpc) is 2.47. The Hall–Kier alpha value is -1.35. The molecule has 3 nitrogen and oxygen atoms in total. The summed E-state index contributed by atoms with van der Waals surface area (Å²) < 4.78 is 4.69. The minimum absolute atomic E-state index is 0.286. The predicted molar refractivity (Wildman–Crippen MR) is 87.4 cm³/mol. The van der Waals surface area contributed by atoms with E-state index in [-0.39, 0.29) is 5.97 Å². The van der Waals surface area contributed by atoms with Crippen molar-refractivity contribution in [3.8, 4) is 0 Å². The van der Waals surface area contributed by atoms with Gasteiger partial charge in [-0.3, -0.25) is 0 Å². The Balaban J connectivity index is 2.36. The Bertz CT molecular complexity index is 423. The highest BCUT2D eigenvalue weighted by atomic mass is 16.5. The summed E-state index contributed by atoms with van der Waals surface area (Å²) in [5.74, 6) is -0.286. The zero-order valence-corrected chi connectivity index (χ0v) is 13.9. The molecule has 0 bridgehead atoms. The van der Waals surface area contributed by atoms with Gasteiger partial charge in [-0.25, -0.2) is 4.79 Å². The Labute approximate surface area is 129 Å². The lowest BCUT2D eigenvalue weighted by molar-refractivity contribution is 0.0600. The van der Waals surface area contributed by atoms with Gasteiger partial charge in [0.2, 0.25) is 0 Å². The van der Waals surface area contributed by atoms with E-state index >= 15 is 0 Å². The van der Waals surface area contributed by atoms with E-state index in [1.807, 2.05) is 24.3 Å². The third-order valence-corrected chi connectivity index (χ3v) is 3.76. The summed E-state index contributed by atoms with van der Waals surface area (Å²) in [4.78, 5) is 11.4. The Morgan fingerprint density at radius 3 is 2.43 bits per heavy atom. The van der Waals surface area contributed by atoms with Crippen LogP contribution in [-0.4, -0.2) is 19.6 Å². The number of rotatable bonds is 9. The molecule has 118 valence electrons. The fourth-order valence-corrected chi connectivity index (χ4v) is 2.36. The highest BCUT2D eigenvalue weighted by Crippen LogP contribution is 2.22. The van der Waals surface area contributed by atoms with E-state index in [9.17, 15) is 4.79 Å². The first-order valence-electron chi connectivity index (χ1n) is 7.86. The number of ether oxygens (including phenoxy) is 1. The van der Waals surface area contributed by atoms with Crippen LogP contribution in [-0.2, 0) is 11.3 Å². The lowest BCUT2D eigenvalue weighted by Crippen LogP contribution is -2.29. The monoisotopic (exact) mass is 291 g/mol. The minimum Gasteiger partial charge on any atom is -0.465 e. The third kappa shape index (κ3) is 6.76. The molecule has 0 radical (unpaired) electrons. The van der Waals surface area contributed by atoms with Crippen LogP contribution in [0.5, 0.6) is 0 Å². The molecule has 0 aromatic heterocycles. The molecule has 1 aromatic carbocycles. The van der Waals surface area contributed by atoms with Crippen molar-refractivity contribution in [2.45, 2.75) is 53.0 Å². The first kappa shape index (κ1) is 17.7. The first-order chi connectivity index (χ1) is 9.98. The molecule has 0 atom stereocenters. The summed E-state index contributed by atoms with van der Waals surface area (Å²) >= 11 is 0. The number of hydrogen-bond acceptors (Lipinski definition) is 3. The Morgan fingerprint density at radius 1 is 1.19 bits per heavy atom. The fraction of sp³-hybridized carbons (Fsp3) is 0.611. The van der Waals surface area contributed by atoms with Crippen molar-refractivity contribution in [1.82, 2.24) is 5.32 Å². The van der Waals surface area contributed by atoms with Crippen LogP contribution in [0.4, 0.5) is 0 Å². The molecule has 0 saturated carbocycles. The second-order valence-electron chi connectivity index (χ2n) is 6.41. The van der Waals surface area contributed by atoms with Crippen LogP contribution in [0, 0.1) is 5.41 Å². The second kappa shape index (κ2) is 8.83. The van der Waals surface area contributed by atoms with Crippen LogP contribution in [0.3, 0.4) is 0 Å². The van der Waals surface area contributed by atoms with E-state index in [2.05, 4.69) is 26.1 Å². The number of carbonyl (C=O) groups excluding carboxylic acids is 1. The molecule has 0 saturated heterocycles. The number of methoxy groups -OCH3 is 1. The van der Waals surface area contributed by atoms with Crippen molar-refractivity contribution in [3.63, 3.8) is 0 Å². The van der Waals surface area contributed by atoms with Gasteiger partial charge in [-0.2, -0.15) is 0 Å². The van der Waals surface area contributed by atoms with Gasteiger partial charge in [0.05, 0.1) is 12.7 Å². The third-order valence-electron chi connectivity index (χ3n) is 3.76. The molecule has 0 amide bonds. The van der Waals surface area contributed by atoms with Crippen LogP contribution < -0.4 is 5.32 Å². The first-order valence-corrected chi connectivity index (χ1v) is 7.86. The zero-order valence-electron chi connectivity index (χ0n) is 13.9. The second-order valence-corrected chi connectivity index (χ2v) is 6.41. The maximum Gasteiger partial charge on any atom is 0.337 e. The van der Waals surface area contributed by atoms with Gasteiger partial charge in [-0.05, 0) is 29.5 Å². The lowest BCUT2D eigenvalue weighted by Gasteiger charge is -2.25. The average molecular weight is 291 g/mol. The zero-order chi connectivity index (χ0) is 15.7. The van der Waals surface area contributed by atoms with Crippen LogP contribution >= 0.6 is 0 Å². The molecule has 1 aromatic rings. The van der Waals surface area contributed by atoms with Gasteiger partial charge >= 0.3 is 5.97 Å². The molecule has 0 spiro atoms. The molecular weight excluding hydrogens is 262 g/mol. The summed E-state index contributed by atoms with van der Waals surface area (Å²) in [6, 6.07) is 7.58. The normalized spacial score (nSPS) is 11.4. The topological polar surface area (TPSA) is 38.3 Å². The molecule has 0 heterocycles. The maximum absolute atomic E-state index is 11.4. The molecule has 0 aliphatic carbocycles.